The molecule has 0 spiro atoms. The van der Waals surface area contributed by atoms with Crippen molar-refractivity contribution in [3.05, 3.63) is 47.2 Å². The molecule has 7 nitrogen and oxygen atoms in total. The van der Waals surface area contributed by atoms with Crippen molar-refractivity contribution in [2.45, 2.75) is 24.7 Å². The van der Waals surface area contributed by atoms with Gasteiger partial charge in [-0.05, 0) is 42.5 Å². The van der Waals surface area contributed by atoms with Crippen LogP contribution in [0.4, 0.5) is 13.2 Å². The maximum Gasteiger partial charge on any atom is 0.416 e. The molecule has 1 aromatic carbocycles. The Hall–Kier alpha value is -2.59. The highest BCUT2D eigenvalue weighted by atomic mass is 19.4. The molecule has 1 saturated carbocycles. The molecule has 1 aliphatic carbocycles. The van der Waals surface area contributed by atoms with E-state index < -0.39 is 35.1 Å². The molecule has 30 heavy (non-hydrogen) atoms. The first-order valence-electron chi connectivity index (χ1n) is 9.67. The minimum Gasteiger partial charge on any atom is -0.381 e. The van der Waals surface area contributed by atoms with E-state index in [4.69, 9.17) is 10.5 Å². The van der Waals surface area contributed by atoms with E-state index in [2.05, 4.69) is 10.7 Å². The average molecular weight is 424 g/mol. The summed E-state index contributed by atoms with van der Waals surface area (Å²) in [4.78, 5) is 25.1. The van der Waals surface area contributed by atoms with Gasteiger partial charge in [-0.15, -0.1) is 0 Å². The lowest BCUT2D eigenvalue weighted by molar-refractivity contribution is -0.137. The third-order valence-electron chi connectivity index (χ3n) is 6.44. The topological polar surface area (TPSA) is 96.7 Å². The Morgan fingerprint density at radius 3 is 2.37 bits per heavy atom. The molecule has 2 heterocycles. The molecule has 162 valence electrons. The summed E-state index contributed by atoms with van der Waals surface area (Å²) in [5.74, 6) is -0.893. The van der Waals surface area contributed by atoms with Gasteiger partial charge in [-0.3, -0.25) is 9.59 Å². The summed E-state index contributed by atoms with van der Waals surface area (Å²) in [5, 5.41) is 4.12. The van der Waals surface area contributed by atoms with Crippen LogP contribution in [-0.2, 0) is 20.5 Å². The van der Waals surface area contributed by atoms with E-state index in [1.807, 2.05) is 0 Å². The highest BCUT2D eigenvalue weighted by molar-refractivity contribution is 5.97. The number of carbonyl (C=O) groups excluding carboxylic acids is 2. The number of halogens is 3. The van der Waals surface area contributed by atoms with Gasteiger partial charge in [0.25, 0.3) is 5.91 Å². The highest BCUT2D eigenvalue weighted by Crippen LogP contribution is 2.60. The molecule has 0 radical (unpaired) electrons. The number of nitrogens with one attached hydrogen (secondary N) is 2. The Labute approximate surface area is 171 Å². The van der Waals surface area contributed by atoms with Crippen molar-refractivity contribution in [2.24, 2.45) is 23.5 Å². The van der Waals surface area contributed by atoms with E-state index >= 15 is 0 Å². The molecule has 2 fully saturated rings. The molecule has 4 N–H and O–H groups in total. The number of nitrogens with zero attached hydrogens (tertiary/aromatic N) is 1. The van der Waals surface area contributed by atoms with Crippen LogP contribution in [-0.4, -0.2) is 42.6 Å². The Kier molecular flexibility index (Phi) is 4.81. The van der Waals surface area contributed by atoms with Crippen LogP contribution >= 0.6 is 0 Å². The summed E-state index contributed by atoms with van der Waals surface area (Å²) in [6.07, 6.45) is -2.89. The smallest absolute Gasteiger partial charge is 0.381 e. The average Bonchev–Trinajstić information content (AvgIpc) is 3.08. The van der Waals surface area contributed by atoms with Crippen molar-refractivity contribution in [3.8, 4) is 0 Å². The quantitative estimate of drug-likeness (QED) is 0.663. The second kappa shape index (κ2) is 6.98. The van der Waals surface area contributed by atoms with Crippen molar-refractivity contribution in [1.82, 2.24) is 15.8 Å². The van der Waals surface area contributed by atoms with Crippen LogP contribution in [0.15, 0.2) is 36.0 Å². The van der Waals surface area contributed by atoms with Crippen LogP contribution in [0, 0.1) is 17.8 Å². The molecule has 1 saturated heterocycles. The van der Waals surface area contributed by atoms with Crippen molar-refractivity contribution in [2.75, 3.05) is 20.3 Å². The van der Waals surface area contributed by atoms with Crippen molar-refractivity contribution >= 4 is 11.8 Å². The normalized spacial score (nSPS) is 31.5. The van der Waals surface area contributed by atoms with Gasteiger partial charge in [-0.2, -0.15) is 18.2 Å². The molecular weight excluding hydrogens is 401 g/mol. The summed E-state index contributed by atoms with van der Waals surface area (Å²) in [6, 6.07) is 4.20. The van der Waals surface area contributed by atoms with Gasteiger partial charge in [0.05, 0.1) is 24.8 Å². The summed E-state index contributed by atoms with van der Waals surface area (Å²) in [7, 11) is 1.47. The van der Waals surface area contributed by atoms with Gasteiger partial charge in [0.15, 0.2) is 0 Å². The second-order valence-corrected chi connectivity index (χ2v) is 8.00. The monoisotopic (exact) mass is 424 g/mol. The number of carbonyl (C=O) groups is 2. The van der Waals surface area contributed by atoms with E-state index in [-0.39, 0.29) is 23.5 Å². The lowest BCUT2D eigenvalue weighted by Gasteiger charge is -2.40. The van der Waals surface area contributed by atoms with Crippen molar-refractivity contribution in [3.63, 3.8) is 0 Å². The Morgan fingerprint density at radius 1 is 1.27 bits per heavy atom. The molecule has 2 amide bonds. The standard InChI is InChI=1S/C20H23F3N4O3/c1-10(11-3-5-12(6-4-11)20(21,22)23)27-19(18(24)29,7-15(26-27)17(28)25-2)16-13-8-30-9-14(13)16/h3-7,10,13-14,16,26H,8-9H2,1-2H3,(H2,24,29)(H,25,28)/t10-,13-,14+,16?,19?/m0/s1. The maximum atomic E-state index is 12.9. The third-order valence-corrected chi connectivity index (χ3v) is 6.44. The number of rotatable bonds is 5. The number of amides is 2. The first kappa shape index (κ1) is 20.7. The lowest BCUT2D eigenvalue weighted by Crippen LogP contribution is -2.60. The molecule has 5 atom stereocenters. The zero-order valence-corrected chi connectivity index (χ0v) is 16.5. The van der Waals surface area contributed by atoms with E-state index in [9.17, 15) is 22.8 Å². The van der Waals surface area contributed by atoms with Crippen LogP contribution in [0.5, 0.6) is 0 Å². The number of nitrogens with two attached hydrogens (primary N) is 1. The number of benzene rings is 1. The first-order valence-corrected chi connectivity index (χ1v) is 9.67. The first-order chi connectivity index (χ1) is 14.1. The van der Waals surface area contributed by atoms with Gasteiger partial charge in [0.2, 0.25) is 5.91 Å². The third kappa shape index (κ3) is 3.05. The summed E-state index contributed by atoms with van der Waals surface area (Å²) in [6.45, 7) is 2.77. The highest BCUT2D eigenvalue weighted by Gasteiger charge is 2.69. The number of likely N-dealkylation sites (N-methyl/N-ethyl adjacent to an activating group) is 1. The van der Waals surface area contributed by atoms with Crippen LogP contribution in [0.1, 0.15) is 24.1 Å². The summed E-state index contributed by atoms with van der Waals surface area (Å²) in [5.41, 5.74) is 7.55. The molecule has 10 heteroatoms. The molecule has 1 aromatic rings. The Balaban J connectivity index is 1.71. The Bertz CT molecular complexity index is 892. The number of hydrazine groups is 1. The minimum absolute atomic E-state index is 0.141. The predicted molar refractivity (Wildman–Crippen MR) is 100 cm³/mol. The van der Waals surface area contributed by atoms with Gasteiger partial charge < -0.3 is 21.2 Å². The number of hydrogen-bond donors (Lipinski definition) is 3. The van der Waals surface area contributed by atoms with Crippen molar-refractivity contribution < 1.29 is 27.5 Å². The van der Waals surface area contributed by atoms with E-state index in [0.29, 0.717) is 18.8 Å². The van der Waals surface area contributed by atoms with Crippen molar-refractivity contribution in [1.29, 1.82) is 0 Å². The van der Waals surface area contributed by atoms with Gasteiger partial charge >= 0.3 is 6.18 Å². The number of fused-ring (bicyclic) bond motifs is 1. The molecule has 3 aliphatic rings. The molecular formula is C20H23F3N4O3. The van der Waals surface area contributed by atoms with E-state index in [1.54, 1.807) is 18.0 Å². The number of primary amides is 1. The molecule has 0 aromatic heterocycles. The zero-order valence-electron chi connectivity index (χ0n) is 16.5. The number of hydrogen-bond acceptors (Lipinski definition) is 5. The van der Waals surface area contributed by atoms with Crippen LogP contribution in [0.3, 0.4) is 0 Å². The number of ether oxygens (including phenoxy) is 1. The fourth-order valence-corrected chi connectivity index (χ4v) is 4.82. The fraction of sp³-hybridized carbons (Fsp3) is 0.500. The Morgan fingerprint density at radius 2 is 1.87 bits per heavy atom. The van der Waals surface area contributed by atoms with Gasteiger partial charge in [-0.25, -0.2) is 0 Å². The van der Waals surface area contributed by atoms with E-state index in [0.717, 1.165) is 12.1 Å². The fourth-order valence-electron chi connectivity index (χ4n) is 4.82. The SMILES string of the molecule is CNC(=O)C1=CC(C(N)=O)(C2[C@H]3COC[C@@H]23)N([C@@H](C)c2ccc(C(F)(F)F)cc2)N1. The largest absolute Gasteiger partial charge is 0.416 e. The molecule has 0 bridgehead atoms. The van der Waals surface area contributed by atoms with E-state index in [1.165, 1.54) is 19.2 Å². The molecule has 2 unspecified atom stereocenters. The lowest BCUT2D eigenvalue weighted by atomic mass is 9.86. The predicted octanol–water partition coefficient (Wildman–Crippen LogP) is 1.33. The van der Waals surface area contributed by atoms with Gasteiger partial charge in [-0.1, -0.05) is 12.1 Å². The van der Waals surface area contributed by atoms with Gasteiger partial charge in [0.1, 0.15) is 11.2 Å². The number of alkyl halides is 3. The second-order valence-electron chi connectivity index (χ2n) is 8.00. The molecule has 2 aliphatic heterocycles. The summed E-state index contributed by atoms with van der Waals surface area (Å²) < 4.78 is 44.2. The zero-order chi connectivity index (χ0) is 21.8. The van der Waals surface area contributed by atoms with Crippen LogP contribution in [0.2, 0.25) is 0 Å². The molecule has 4 rings (SSSR count). The maximum absolute atomic E-state index is 12.9. The van der Waals surface area contributed by atoms with Crippen LogP contribution in [0.25, 0.3) is 0 Å². The summed E-state index contributed by atoms with van der Waals surface area (Å²) >= 11 is 0. The van der Waals surface area contributed by atoms with Gasteiger partial charge in [0, 0.05) is 13.0 Å². The van der Waals surface area contributed by atoms with Crippen LogP contribution < -0.4 is 16.5 Å². The minimum atomic E-state index is -4.44.